The second-order valence-corrected chi connectivity index (χ2v) is 4.40. The van der Waals surface area contributed by atoms with E-state index in [0.717, 1.165) is 17.1 Å². The summed E-state index contributed by atoms with van der Waals surface area (Å²) in [5, 5.41) is 3.22. The summed E-state index contributed by atoms with van der Waals surface area (Å²) in [7, 11) is 0. The lowest BCUT2D eigenvalue weighted by atomic mass is 10.1. The molecule has 17 heavy (non-hydrogen) atoms. The number of rotatable bonds is 3. The van der Waals surface area contributed by atoms with Crippen LogP contribution in [0, 0.1) is 6.92 Å². The van der Waals surface area contributed by atoms with E-state index in [0.29, 0.717) is 11.9 Å². The van der Waals surface area contributed by atoms with Crippen molar-refractivity contribution in [3.63, 3.8) is 0 Å². The fourth-order valence-electron chi connectivity index (χ4n) is 1.60. The Hall–Kier alpha value is -1.90. The predicted octanol–water partition coefficient (Wildman–Crippen LogP) is 3.65. The summed E-state index contributed by atoms with van der Waals surface area (Å²) in [6.45, 7) is 6.26. The maximum absolute atomic E-state index is 4.51. The first-order valence-electron chi connectivity index (χ1n) is 5.83. The van der Waals surface area contributed by atoms with Crippen LogP contribution in [0.3, 0.4) is 0 Å². The third-order valence-electron chi connectivity index (χ3n) is 2.50. The summed E-state index contributed by atoms with van der Waals surface area (Å²) in [6, 6.07) is 12.0. The minimum absolute atomic E-state index is 0.410. The third kappa shape index (κ3) is 3.03. The number of nitrogens with one attached hydrogen (secondary N) is 1. The van der Waals surface area contributed by atoms with Crippen LogP contribution in [0.4, 0.5) is 11.6 Å². The second-order valence-electron chi connectivity index (χ2n) is 4.40. The number of aryl methyl sites for hydroxylation is 1. The maximum Gasteiger partial charge on any atom is 0.227 e. The van der Waals surface area contributed by atoms with Crippen LogP contribution in [-0.4, -0.2) is 9.97 Å². The van der Waals surface area contributed by atoms with Crippen molar-refractivity contribution in [2.45, 2.75) is 26.7 Å². The first-order valence-corrected chi connectivity index (χ1v) is 5.83. The molecular formula is C14H17N3. The van der Waals surface area contributed by atoms with Gasteiger partial charge in [-0.15, -0.1) is 0 Å². The SMILES string of the molecule is Cc1cc(C(C)C)nc(Nc2ccccc2)n1. The van der Waals surface area contributed by atoms with Crippen LogP contribution in [0.15, 0.2) is 36.4 Å². The van der Waals surface area contributed by atoms with Crippen molar-refractivity contribution in [3.8, 4) is 0 Å². The smallest absolute Gasteiger partial charge is 0.227 e. The monoisotopic (exact) mass is 227 g/mol. The molecule has 0 bridgehead atoms. The first kappa shape index (κ1) is 11.6. The van der Waals surface area contributed by atoms with E-state index >= 15 is 0 Å². The van der Waals surface area contributed by atoms with Crippen LogP contribution >= 0.6 is 0 Å². The molecule has 1 heterocycles. The van der Waals surface area contributed by atoms with Crippen LogP contribution in [0.5, 0.6) is 0 Å². The van der Waals surface area contributed by atoms with Crippen molar-refractivity contribution in [3.05, 3.63) is 47.8 Å². The molecule has 3 heteroatoms. The lowest BCUT2D eigenvalue weighted by Gasteiger charge is -2.09. The van der Waals surface area contributed by atoms with Gasteiger partial charge in [0, 0.05) is 17.1 Å². The molecule has 0 saturated carbocycles. The summed E-state index contributed by atoms with van der Waals surface area (Å²) in [5.74, 6) is 1.08. The molecule has 2 rings (SSSR count). The average molecular weight is 227 g/mol. The molecule has 1 N–H and O–H groups in total. The van der Waals surface area contributed by atoms with Gasteiger partial charge < -0.3 is 5.32 Å². The molecule has 1 aromatic carbocycles. The molecular weight excluding hydrogens is 210 g/mol. The lowest BCUT2D eigenvalue weighted by Crippen LogP contribution is -2.02. The van der Waals surface area contributed by atoms with Gasteiger partial charge in [-0.25, -0.2) is 9.97 Å². The highest BCUT2D eigenvalue weighted by molar-refractivity contribution is 5.52. The fraction of sp³-hybridized carbons (Fsp3) is 0.286. The Morgan fingerprint density at radius 2 is 1.76 bits per heavy atom. The predicted molar refractivity (Wildman–Crippen MR) is 70.6 cm³/mol. The van der Waals surface area contributed by atoms with Crippen LogP contribution < -0.4 is 5.32 Å². The van der Waals surface area contributed by atoms with Crippen molar-refractivity contribution in [1.29, 1.82) is 0 Å². The van der Waals surface area contributed by atoms with Crippen LogP contribution in [0.2, 0.25) is 0 Å². The molecule has 0 aliphatic heterocycles. The maximum atomic E-state index is 4.51. The van der Waals surface area contributed by atoms with E-state index in [1.807, 2.05) is 43.3 Å². The zero-order chi connectivity index (χ0) is 12.3. The Kier molecular flexibility index (Phi) is 3.38. The number of anilines is 2. The van der Waals surface area contributed by atoms with E-state index in [4.69, 9.17) is 0 Å². The van der Waals surface area contributed by atoms with E-state index < -0.39 is 0 Å². The van der Waals surface area contributed by atoms with Crippen LogP contribution in [0.25, 0.3) is 0 Å². The standard InChI is InChI=1S/C14H17N3/c1-10(2)13-9-11(3)15-14(17-13)16-12-7-5-4-6-8-12/h4-10H,1-3H3,(H,15,16,17). The molecule has 0 spiro atoms. The van der Waals surface area contributed by atoms with Gasteiger partial charge in [-0.05, 0) is 31.0 Å². The van der Waals surface area contributed by atoms with Gasteiger partial charge in [0.15, 0.2) is 0 Å². The van der Waals surface area contributed by atoms with Crippen LogP contribution in [0.1, 0.15) is 31.2 Å². The van der Waals surface area contributed by atoms with Gasteiger partial charge in [0.05, 0.1) is 0 Å². The highest BCUT2D eigenvalue weighted by Gasteiger charge is 2.05. The minimum Gasteiger partial charge on any atom is -0.324 e. The van der Waals surface area contributed by atoms with Gasteiger partial charge in [-0.1, -0.05) is 32.0 Å². The molecule has 0 aliphatic carbocycles. The summed E-state index contributed by atoms with van der Waals surface area (Å²) < 4.78 is 0. The Morgan fingerprint density at radius 1 is 1.06 bits per heavy atom. The van der Waals surface area contributed by atoms with E-state index in [1.165, 1.54) is 0 Å². The number of hydrogen-bond donors (Lipinski definition) is 1. The van der Waals surface area contributed by atoms with Gasteiger partial charge in [-0.2, -0.15) is 0 Å². The molecule has 0 unspecified atom stereocenters. The van der Waals surface area contributed by atoms with Crippen molar-refractivity contribution >= 4 is 11.6 Å². The largest absolute Gasteiger partial charge is 0.324 e. The van der Waals surface area contributed by atoms with Gasteiger partial charge in [-0.3, -0.25) is 0 Å². The zero-order valence-electron chi connectivity index (χ0n) is 10.4. The number of benzene rings is 1. The zero-order valence-corrected chi connectivity index (χ0v) is 10.4. The summed E-state index contributed by atoms with van der Waals surface area (Å²) in [6.07, 6.45) is 0. The molecule has 0 aliphatic rings. The van der Waals surface area contributed by atoms with Gasteiger partial charge in [0.25, 0.3) is 0 Å². The molecule has 0 atom stereocenters. The minimum atomic E-state index is 0.410. The third-order valence-corrected chi connectivity index (χ3v) is 2.50. The Balaban J connectivity index is 2.27. The van der Waals surface area contributed by atoms with Crippen molar-refractivity contribution in [1.82, 2.24) is 9.97 Å². The quantitative estimate of drug-likeness (QED) is 0.869. The highest BCUT2D eigenvalue weighted by Crippen LogP contribution is 2.17. The molecule has 0 fully saturated rings. The number of para-hydroxylation sites is 1. The Bertz CT molecular complexity index is 492. The summed E-state index contributed by atoms with van der Waals surface area (Å²) >= 11 is 0. The fourth-order valence-corrected chi connectivity index (χ4v) is 1.60. The molecule has 2 aromatic rings. The van der Waals surface area contributed by atoms with Crippen LogP contribution in [-0.2, 0) is 0 Å². The van der Waals surface area contributed by atoms with Crippen molar-refractivity contribution in [2.75, 3.05) is 5.32 Å². The molecule has 3 nitrogen and oxygen atoms in total. The molecule has 1 aromatic heterocycles. The van der Waals surface area contributed by atoms with Gasteiger partial charge in [0.1, 0.15) is 0 Å². The van der Waals surface area contributed by atoms with Crippen molar-refractivity contribution < 1.29 is 0 Å². The van der Waals surface area contributed by atoms with Crippen molar-refractivity contribution in [2.24, 2.45) is 0 Å². The highest BCUT2D eigenvalue weighted by atomic mass is 15.1. The summed E-state index contributed by atoms with van der Waals surface area (Å²) in [5.41, 5.74) is 3.06. The molecule has 88 valence electrons. The van der Waals surface area contributed by atoms with Gasteiger partial charge >= 0.3 is 0 Å². The Labute approximate surface area is 102 Å². The van der Waals surface area contributed by atoms with E-state index in [1.54, 1.807) is 0 Å². The summed E-state index contributed by atoms with van der Waals surface area (Å²) in [4.78, 5) is 8.90. The van der Waals surface area contributed by atoms with Gasteiger partial charge in [0.2, 0.25) is 5.95 Å². The number of hydrogen-bond acceptors (Lipinski definition) is 3. The molecule has 0 saturated heterocycles. The van der Waals surface area contributed by atoms with E-state index in [2.05, 4.69) is 29.1 Å². The first-order chi connectivity index (χ1) is 8.15. The molecule has 0 amide bonds. The number of aromatic nitrogens is 2. The Morgan fingerprint density at radius 3 is 2.41 bits per heavy atom. The topological polar surface area (TPSA) is 37.8 Å². The normalized spacial score (nSPS) is 10.6. The lowest BCUT2D eigenvalue weighted by molar-refractivity contribution is 0.812. The molecule has 0 radical (unpaired) electrons. The van der Waals surface area contributed by atoms with E-state index in [-0.39, 0.29) is 0 Å². The van der Waals surface area contributed by atoms with E-state index in [9.17, 15) is 0 Å². The number of nitrogens with zero attached hydrogens (tertiary/aromatic N) is 2. The second kappa shape index (κ2) is 4.95. The average Bonchev–Trinajstić information content (AvgIpc) is 2.29.